The molecule has 0 amide bonds. The van der Waals surface area contributed by atoms with Gasteiger partial charge in [0.15, 0.2) is 8.07 Å². The first-order valence-electron chi connectivity index (χ1n) is 16.0. The zero-order valence-electron chi connectivity index (χ0n) is 26.2. The van der Waals surface area contributed by atoms with Gasteiger partial charge in [-0.15, -0.1) is 0 Å². The quantitative estimate of drug-likeness (QED) is 0.171. The summed E-state index contributed by atoms with van der Waals surface area (Å²) < 4.78 is 0. The van der Waals surface area contributed by atoms with Crippen LogP contribution in [0.3, 0.4) is 0 Å². The Kier molecular flexibility index (Phi) is 7.01. The minimum atomic E-state index is -2.75. The van der Waals surface area contributed by atoms with Crippen LogP contribution in [0.15, 0.2) is 176 Å². The molecule has 0 aliphatic carbocycles. The number of fused-ring (bicyclic) bond motifs is 3. The van der Waals surface area contributed by atoms with E-state index in [0.29, 0.717) is 0 Å². The lowest BCUT2D eigenvalue weighted by Gasteiger charge is -2.36. The Bertz CT molecular complexity index is 2090. The van der Waals surface area contributed by atoms with Crippen molar-refractivity contribution in [3.05, 3.63) is 187 Å². The van der Waals surface area contributed by atoms with Crippen LogP contribution in [0.25, 0.3) is 22.3 Å². The van der Waals surface area contributed by atoms with Crippen molar-refractivity contribution in [2.45, 2.75) is 13.8 Å². The summed E-state index contributed by atoms with van der Waals surface area (Å²) in [5.41, 5.74) is 11.2. The molecule has 1 heterocycles. The second-order valence-corrected chi connectivity index (χ2v) is 16.0. The van der Waals surface area contributed by atoms with E-state index in [1.165, 1.54) is 59.8 Å². The first kappa shape index (κ1) is 28.1. The van der Waals surface area contributed by atoms with Crippen LogP contribution in [0, 0.1) is 13.8 Å². The summed E-state index contributed by atoms with van der Waals surface area (Å²) in [4.78, 5) is 2.48. The Morgan fingerprint density at radius 1 is 0.391 bits per heavy atom. The third-order valence-corrected chi connectivity index (χ3v) is 14.4. The molecule has 0 bridgehead atoms. The summed E-state index contributed by atoms with van der Waals surface area (Å²) >= 11 is 0. The van der Waals surface area contributed by atoms with E-state index in [0.717, 1.165) is 11.4 Å². The third-order valence-electron chi connectivity index (χ3n) is 9.50. The second-order valence-electron chi connectivity index (χ2n) is 12.3. The molecule has 7 aromatic rings. The maximum Gasteiger partial charge on any atom is 0.183 e. The molecule has 46 heavy (non-hydrogen) atoms. The highest BCUT2D eigenvalue weighted by atomic mass is 28.3. The van der Waals surface area contributed by atoms with Crippen LogP contribution >= 0.6 is 0 Å². The van der Waals surface area contributed by atoms with Gasteiger partial charge in [-0.3, -0.25) is 0 Å². The number of benzene rings is 7. The molecule has 0 unspecified atom stereocenters. The number of para-hydroxylation sites is 1. The van der Waals surface area contributed by atoms with Crippen molar-refractivity contribution in [2.75, 3.05) is 4.90 Å². The van der Waals surface area contributed by atoms with Gasteiger partial charge in [0.25, 0.3) is 0 Å². The predicted octanol–water partition coefficient (Wildman–Crippen LogP) is 8.80. The lowest BCUT2D eigenvalue weighted by molar-refractivity contribution is 1.29. The number of anilines is 3. The van der Waals surface area contributed by atoms with E-state index in [1.807, 2.05) is 0 Å². The van der Waals surface area contributed by atoms with E-state index in [-0.39, 0.29) is 0 Å². The van der Waals surface area contributed by atoms with Crippen molar-refractivity contribution in [1.82, 2.24) is 0 Å². The summed E-state index contributed by atoms with van der Waals surface area (Å²) in [5.74, 6) is 0. The number of nitrogens with zero attached hydrogens (tertiary/aromatic N) is 1. The van der Waals surface area contributed by atoms with Gasteiger partial charge in [0.1, 0.15) is 0 Å². The van der Waals surface area contributed by atoms with Crippen LogP contribution < -0.4 is 25.6 Å². The maximum absolute atomic E-state index is 2.75. The van der Waals surface area contributed by atoms with Crippen molar-refractivity contribution in [3.8, 4) is 22.3 Å². The van der Waals surface area contributed by atoms with E-state index < -0.39 is 8.07 Å². The molecule has 0 N–H and O–H groups in total. The fraction of sp³-hybridized carbons (Fsp3) is 0.0455. The lowest BCUT2D eigenvalue weighted by atomic mass is 10.0. The topological polar surface area (TPSA) is 3.24 Å². The molecule has 0 atom stereocenters. The standard InChI is InChI=1S/C44H35NSi/c1-32-20-28-38(29-21-32)46(39-30-22-33(2)23-31-39)43-19-10-9-16-40(43)41-17-11-18-42(44(41)46)45(36-14-7-4-8-15-36)37-26-24-35(25-27-37)34-12-5-3-6-13-34/h3-31H,1-2H3. The average Bonchev–Trinajstić information content (AvgIpc) is 3.42. The molecule has 0 fully saturated rings. The molecule has 1 nitrogen and oxygen atoms in total. The van der Waals surface area contributed by atoms with E-state index in [1.54, 1.807) is 0 Å². The van der Waals surface area contributed by atoms with E-state index in [2.05, 4.69) is 195 Å². The molecule has 2 heteroatoms. The normalized spacial score (nSPS) is 12.7. The number of aryl methyl sites for hydroxylation is 2. The molecular formula is C44H35NSi. The zero-order valence-corrected chi connectivity index (χ0v) is 27.2. The maximum atomic E-state index is 2.48. The van der Waals surface area contributed by atoms with Crippen LogP contribution in [-0.2, 0) is 0 Å². The molecule has 0 spiro atoms. The van der Waals surface area contributed by atoms with Gasteiger partial charge in [0, 0.05) is 17.1 Å². The zero-order chi connectivity index (χ0) is 31.1. The van der Waals surface area contributed by atoms with Gasteiger partial charge in [-0.05, 0) is 87.2 Å². The SMILES string of the molecule is Cc1ccc([Si]2(c3ccc(C)cc3)c3ccccc3-c3cccc(N(c4ccccc4)c4ccc(-c5ccccc5)cc4)c32)cc1. The van der Waals surface area contributed by atoms with Crippen molar-refractivity contribution >= 4 is 45.9 Å². The van der Waals surface area contributed by atoms with Crippen molar-refractivity contribution in [2.24, 2.45) is 0 Å². The van der Waals surface area contributed by atoms with Gasteiger partial charge in [0.05, 0.1) is 0 Å². The molecule has 1 aliphatic rings. The van der Waals surface area contributed by atoms with Gasteiger partial charge in [-0.25, -0.2) is 0 Å². The Hall–Kier alpha value is -5.44. The minimum Gasteiger partial charge on any atom is -0.311 e. The highest BCUT2D eigenvalue weighted by molar-refractivity contribution is 7.22. The molecule has 0 aromatic heterocycles. The summed E-state index contributed by atoms with van der Waals surface area (Å²) in [6, 6.07) is 65.3. The van der Waals surface area contributed by atoms with Crippen molar-refractivity contribution in [1.29, 1.82) is 0 Å². The number of hydrogen-bond acceptors (Lipinski definition) is 1. The number of rotatable bonds is 6. The van der Waals surface area contributed by atoms with Crippen LogP contribution in [0.5, 0.6) is 0 Å². The Labute approximate surface area is 273 Å². The molecule has 7 aromatic carbocycles. The predicted molar refractivity (Wildman–Crippen MR) is 199 cm³/mol. The second kappa shape index (κ2) is 11.5. The third kappa shape index (κ3) is 4.53. The smallest absolute Gasteiger partial charge is 0.183 e. The summed E-state index contributed by atoms with van der Waals surface area (Å²) in [6.07, 6.45) is 0. The van der Waals surface area contributed by atoms with Crippen molar-refractivity contribution < 1.29 is 0 Å². The van der Waals surface area contributed by atoms with Crippen LogP contribution in [0.2, 0.25) is 0 Å². The number of hydrogen-bond donors (Lipinski definition) is 0. The van der Waals surface area contributed by atoms with E-state index >= 15 is 0 Å². The van der Waals surface area contributed by atoms with Crippen molar-refractivity contribution in [3.63, 3.8) is 0 Å². The fourth-order valence-corrected chi connectivity index (χ4v) is 12.6. The highest BCUT2D eigenvalue weighted by Crippen LogP contribution is 2.40. The van der Waals surface area contributed by atoms with Crippen LogP contribution in [0.1, 0.15) is 11.1 Å². The molecule has 0 saturated carbocycles. The van der Waals surface area contributed by atoms with Crippen LogP contribution in [0.4, 0.5) is 17.1 Å². The van der Waals surface area contributed by atoms with E-state index in [4.69, 9.17) is 0 Å². The minimum absolute atomic E-state index is 1.14. The Balaban J connectivity index is 1.44. The van der Waals surface area contributed by atoms with Gasteiger partial charge in [-0.1, -0.05) is 157 Å². The highest BCUT2D eigenvalue weighted by Gasteiger charge is 2.50. The molecule has 8 rings (SSSR count). The largest absolute Gasteiger partial charge is 0.311 e. The molecule has 220 valence electrons. The average molecular weight is 606 g/mol. The lowest BCUT2D eigenvalue weighted by Crippen LogP contribution is -2.73. The molecule has 0 radical (unpaired) electrons. The summed E-state index contributed by atoms with van der Waals surface area (Å²) in [6.45, 7) is 4.37. The molecular weight excluding hydrogens is 571 g/mol. The first-order valence-corrected chi connectivity index (χ1v) is 18.0. The Morgan fingerprint density at radius 2 is 0.891 bits per heavy atom. The summed E-state index contributed by atoms with van der Waals surface area (Å²) in [7, 11) is -2.75. The monoisotopic (exact) mass is 605 g/mol. The molecule has 1 aliphatic heterocycles. The first-order chi connectivity index (χ1) is 22.6. The van der Waals surface area contributed by atoms with E-state index in [9.17, 15) is 0 Å². The van der Waals surface area contributed by atoms with Crippen LogP contribution in [-0.4, -0.2) is 8.07 Å². The summed E-state index contributed by atoms with van der Waals surface area (Å²) in [5, 5.41) is 5.72. The Morgan fingerprint density at radius 3 is 1.52 bits per heavy atom. The molecule has 0 saturated heterocycles. The fourth-order valence-electron chi connectivity index (χ4n) is 7.34. The van der Waals surface area contributed by atoms with Gasteiger partial charge >= 0.3 is 0 Å². The van der Waals surface area contributed by atoms with Gasteiger partial charge in [0.2, 0.25) is 0 Å². The van der Waals surface area contributed by atoms with Gasteiger partial charge < -0.3 is 4.90 Å². The van der Waals surface area contributed by atoms with Gasteiger partial charge in [-0.2, -0.15) is 0 Å².